The lowest BCUT2D eigenvalue weighted by atomic mass is 9.98. The number of carbonyl (C=O) groups is 2. The van der Waals surface area contributed by atoms with Crippen molar-refractivity contribution in [1.29, 1.82) is 0 Å². The third-order valence-electron chi connectivity index (χ3n) is 3.87. The second-order valence-electron chi connectivity index (χ2n) is 5.36. The zero-order chi connectivity index (χ0) is 15.5. The van der Waals surface area contributed by atoms with Crippen LogP contribution in [0.5, 0.6) is 5.75 Å². The van der Waals surface area contributed by atoms with Crippen molar-refractivity contribution in [3.63, 3.8) is 0 Å². The van der Waals surface area contributed by atoms with Crippen LogP contribution in [0.4, 0.5) is 10.5 Å². The Bertz CT molecular complexity index is 551. The molecule has 2 amide bonds. The number of methoxy groups -OCH3 is 1. The summed E-state index contributed by atoms with van der Waals surface area (Å²) in [6, 6.07) is 4.76. The molecule has 0 spiro atoms. The lowest BCUT2D eigenvalue weighted by Crippen LogP contribution is -2.53. The maximum atomic E-state index is 12.0. The predicted molar refractivity (Wildman–Crippen MR) is 78.7 cm³/mol. The molecule has 6 nitrogen and oxygen atoms in total. The number of urea groups is 1. The smallest absolute Gasteiger partial charge is 0.329 e. The van der Waals surface area contributed by atoms with Crippen LogP contribution in [0, 0.1) is 6.92 Å². The fraction of sp³-hybridized carbons (Fsp3) is 0.467. The standard InChI is InChI=1S/C15H20N2O4/c1-10-9-11(5-6-12(10)21-2)16-14(20)17-15(13(18)19)7-3-4-8-15/h5-6,9H,3-4,7-8H2,1-2H3,(H,18,19)(H2,16,17,20). The Kier molecular flexibility index (Phi) is 4.35. The molecule has 0 saturated heterocycles. The van der Waals surface area contributed by atoms with Crippen molar-refractivity contribution in [3.05, 3.63) is 23.8 Å². The zero-order valence-corrected chi connectivity index (χ0v) is 12.2. The van der Waals surface area contributed by atoms with Crippen molar-refractivity contribution in [2.45, 2.75) is 38.1 Å². The van der Waals surface area contributed by atoms with Crippen LogP contribution in [0.2, 0.25) is 0 Å². The third kappa shape index (κ3) is 3.26. The van der Waals surface area contributed by atoms with E-state index in [4.69, 9.17) is 4.74 Å². The Balaban J connectivity index is 2.04. The molecule has 6 heteroatoms. The van der Waals surface area contributed by atoms with Gasteiger partial charge in [0.1, 0.15) is 11.3 Å². The number of benzene rings is 1. The van der Waals surface area contributed by atoms with E-state index >= 15 is 0 Å². The number of carboxylic acid groups (broad SMARTS) is 1. The average Bonchev–Trinajstić information content (AvgIpc) is 2.88. The highest BCUT2D eigenvalue weighted by Crippen LogP contribution is 2.30. The fourth-order valence-electron chi connectivity index (χ4n) is 2.71. The van der Waals surface area contributed by atoms with Gasteiger partial charge < -0.3 is 20.5 Å². The van der Waals surface area contributed by atoms with Crippen LogP contribution in [0.1, 0.15) is 31.2 Å². The molecule has 114 valence electrons. The molecule has 2 rings (SSSR count). The van der Waals surface area contributed by atoms with Gasteiger partial charge in [0.25, 0.3) is 0 Å². The molecule has 1 fully saturated rings. The molecule has 1 aromatic carbocycles. The van der Waals surface area contributed by atoms with Crippen LogP contribution in [0.3, 0.4) is 0 Å². The van der Waals surface area contributed by atoms with Crippen molar-refractivity contribution in [2.24, 2.45) is 0 Å². The zero-order valence-electron chi connectivity index (χ0n) is 12.2. The summed E-state index contributed by atoms with van der Waals surface area (Å²) in [4.78, 5) is 23.4. The molecule has 0 atom stereocenters. The molecule has 1 aliphatic rings. The van der Waals surface area contributed by atoms with Crippen LogP contribution < -0.4 is 15.4 Å². The van der Waals surface area contributed by atoms with E-state index in [1.165, 1.54) is 0 Å². The Morgan fingerprint density at radius 1 is 1.29 bits per heavy atom. The third-order valence-corrected chi connectivity index (χ3v) is 3.87. The number of rotatable bonds is 4. The number of anilines is 1. The summed E-state index contributed by atoms with van der Waals surface area (Å²) < 4.78 is 5.15. The van der Waals surface area contributed by atoms with Crippen LogP contribution >= 0.6 is 0 Å². The lowest BCUT2D eigenvalue weighted by Gasteiger charge is -2.25. The van der Waals surface area contributed by atoms with Crippen LogP contribution in [0.25, 0.3) is 0 Å². The Labute approximate surface area is 123 Å². The summed E-state index contributed by atoms with van der Waals surface area (Å²) in [5, 5.41) is 14.6. The van der Waals surface area contributed by atoms with E-state index in [0.29, 0.717) is 18.5 Å². The molecule has 0 unspecified atom stereocenters. The summed E-state index contributed by atoms with van der Waals surface area (Å²) in [6.07, 6.45) is 2.57. The maximum Gasteiger partial charge on any atom is 0.329 e. The topological polar surface area (TPSA) is 87.7 Å². The van der Waals surface area contributed by atoms with E-state index in [1.807, 2.05) is 6.92 Å². The molecule has 21 heavy (non-hydrogen) atoms. The number of carbonyl (C=O) groups excluding carboxylic acids is 1. The van der Waals surface area contributed by atoms with Crippen molar-refractivity contribution < 1.29 is 19.4 Å². The number of amides is 2. The summed E-state index contributed by atoms with van der Waals surface area (Å²) >= 11 is 0. The first-order valence-corrected chi connectivity index (χ1v) is 6.94. The van der Waals surface area contributed by atoms with E-state index in [9.17, 15) is 14.7 Å². The van der Waals surface area contributed by atoms with Gasteiger partial charge in [0.05, 0.1) is 7.11 Å². The molecule has 0 aliphatic heterocycles. The van der Waals surface area contributed by atoms with Crippen LogP contribution in [-0.4, -0.2) is 29.8 Å². The molecular weight excluding hydrogens is 272 g/mol. The van der Waals surface area contributed by atoms with E-state index < -0.39 is 17.5 Å². The largest absolute Gasteiger partial charge is 0.496 e. The molecule has 1 aliphatic carbocycles. The number of hydrogen-bond donors (Lipinski definition) is 3. The van der Waals surface area contributed by atoms with Crippen molar-refractivity contribution in [2.75, 3.05) is 12.4 Å². The summed E-state index contributed by atoms with van der Waals surface area (Å²) in [7, 11) is 1.58. The first kappa shape index (κ1) is 15.2. The fourth-order valence-corrected chi connectivity index (χ4v) is 2.71. The van der Waals surface area contributed by atoms with E-state index in [2.05, 4.69) is 10.6 Å². The summed E-state index contributed by atoms with van der Waals surface area (Å²) in [6.45, 7) is 1.87. The first-order chi connectivity index (χ1) is 9.97. The molecule has 0 aromatic heterocycles. The minimum absolute atomic E-state index is 0.470. The quantitative estimate of drug-likeness (QED) is 0.795. The molecule has 0 heterocycles. The van der Waals surface area contributed by atoms with Crippen LogP contribution in [-0.2, 0) is 4.79 Å². The average molecular weight is 292 g/mol. The van der Waals surface area contributed by atoms with Gasteiger partial charge in [0.2, 0.25) is 0 Å². The Hall–Kier alpha value is -2.24. The van der Waals surface area contributed by atoms with Gasteiger partial charge in [0.15, 0.2) is 0 Å². The highest BCUT2D eigenvalue weighted by molar-refractivity contribution is 5.94. The number of ether oxygens (including phenoxy) is 1. The molecule has 0 radical (unpaired) electrons. The Morgan fingerprint density at radius 2 is 1.95 bits per heavy atom. The lowest BCUT2D eigenvalue weighted by molar-refractivity contribution is -0.144. The molecular formula is C15H20N2O4. The highest BCUT2D eigenvalue weighted by atomic mass is 16.5. The number of nitrogens with one attached hydrogen (secondary N) is 2. The van der Waals surface area contributed by atoms with Gasteiger partial charge in [-0.15, -0.1) is 0 Å². The predicted octanol–water partition coefficient (Wildman–Crippen LogP) is 2.52. The highest BCUT2D eigenvalue weighted by Gasteiger charge is 2.42. The Morgan fingerprint density at radius 3 is 2.48 bits per heavy atom. The maximum absolute atomic E-state index is 12.0. The molecule has 1 saturated carbocycles. The second kappa shape index (κ2) is 6.03. The van der Waals surface area contributed by atoms with E-state index in [1.54, 1.807) is 25.3 Å². The molecule has 0 bridgehead atoms. The van der Waals surface area contributed by atoms with Gasteiger partial charge in [0, 0.05) is 5.69 Å². The van der Waals surface area contributed by atoms with Gasteiger partial charge in [-0.25, -0.2) is 9.59 Å². The van der Waals surface area contributed by atoms with Gasteiger partial charge >= 0.3 is 12.0 Å². The van der Waals surface area contributed by atoms with Gasteiger partial charge in [-0.1, -0.05) is 12.8 Å². The number of aliphatic carboxylic acids is 1. The normalized spacial score (nSPS) is 16.3. The summed E-state index contributed by atoms with van der Waals surface area (Å²) in [5.74, 6) is -0.236. The molecule has 3 N–H and O–H groups in total. The second-order valence-corrected chi connectivity index (χ2v) is 5.36. The summed E-state index contributed by atoms with van der Waals surface area (Å²) in [5.41, 5.74) is 0.361. The van der Waals surface area contributed by atoms with Crippen molar-refractivity contribution >= 4 is 17.7 Å². The van der Waals surface area contributed by atoms with Crippen LogP contribution in [0.15, 0.2) is 18.2 Å². The van der Waals surface area contributed by atoms with E-state index in [0.717, 1.165) is 24.2 Å². The number of hydrogen-bond acceptors (Lipinski definition) is 3. The van der Waals surface area contributed by atoms with Crippen molar-refractivity contribution in [3.8, 4) is 5.75 Å². The van der Waals surface area contributed by atoms with Gasteiger partial charge in [-0.05, 0) is 43.5 Å². The van der Waals surface area contributed by atoms with E-state index in [-0.39, 0.29) is 0 Å². The van der Waals surface area contributed by atoms with Gasteiger partial charge in [-0.3, -0.25) is 0 Å². The number of aryl methyl sites for hydroxylation is 1. The SMILES string of the molecule is COc1ccc(NC(=O)NC2(C(=O)O)CCCC2)cc1C. The van der Waals surface area contributed by atoms with Crippen molar-refractivity contribution in [1.82, 2.24) is 5.32 Å². The monoisotopic (exact) mass is 292 g/mol. The first-order valence-electron chi connectivity index (χ1n) is 6.94. The minimum atomic E-state index is -1.13. The minimum Gasteiger partial charge on any atom is -0.496 e. The molecule has 1 aromatic rings. The number of carboxylic acids is 1. The van der Waals surface area contributed by atoms with Gasteiger partial charge in [-0.2, -0.15) is 0 Å².